The lowest BCUT2D eigenvalue weighted by Gasteiger charge is -2.12. The fraction of sp³-hybridized carbons (Fsp3) is 0.278. The summed E-state index contributed by atoms with van der Waals surface area (Å²) in [6.07, 6.45) is -0.338. The van der Waals surface area contributed by atoms with E-state index in [4.69, 9.17) is 27.9 Å². The van der Waals surface area contributed by atoms with Crippen molar-refractivity contribution in [2.24, 2.45) is 0 Å². The molecular formula is C18H19Cl2NO3. The van der Waals surface area contributed by atoms with Gasteiger partial charge >= 0.3 is 0 Å². The van der Waals surface area contributed by atoms with Gasteiger partial charge in [0.05, 0.1) is 22.8 Å². The van der Waals surface area contributed by atoms with Crippen molar-refractivity contribution in [3.8, 4) is 0 Å². The van der Waals surface area contributed by atoms with Gasteiger partial charge in [-0.05, 0) is 41.8 Å². The number of hydrogen-bond donors (Lipinski definition) is 2. The minimum absolute atomic E-state index is 0.180. The molecule has 0 aromatic heterocycles. The summed E-state index contributed by atoms with van der Waals surface area (Å²) in [7, 11) is 1.62. The van der Waals surface area contributed by atoms with Crippen molar-refractivity contribution >= 4 is 29.1 Å². The Hall–Kier alpha value is -1.59. The summed E-state index contributed by atoms with van der Waals surface area (Å²) >= 11 is 11.8. The minimum Gasteiger partial charge on any atom is -0.388 e. The Bertz CT molecular complexity index is 689. The number of ether oxygens (including phenoxy) is 1. The molecule has 0 bridgehead atoms. The van der Waals surface area contributed by atoms with Gasteiger partial charge in [-0.1, -0.05) is 41.4 Å². The van der Waals surface area contributed by atoms with Crippen LogP contribution in [-0.4, -0.2) is 24.7 Å². The molecule has 0 saturated heterocycles. The molecule has 0 saturated carbocycles. The van der Waals surface area contributed by atoms with E-state index in [1.807, 2.05) is 12.1 Å². The molecule has 0 spiro atoms. The second-order valence-electron chi connectivity index (χ2n) is 5.36. The number of halogens is 2. The van der Waals surface area contributed by atoms with E-state index in [0.29, 0.717) is 40.7 Å². The summed E-state index contributed by atoms with van der Waals surface area (Å²) in [5.41, 5.74) is 2.24. The van der Waals surface area contributed by atoms with E-state index in [2.05, 4.69) is 5.32 Å². The fourth-order valence-electron chi connectivity index (χ4n) is 2.23. The molecule has 2 aromatic carbocycles. The van der Waals surface area contributed by atoms with Crippen LogP contribution in [0.15, 0.2) is 42.5 Å². The molecule has 0 heterocycles. The molecule has 0 unspecified atom stereocenters. The first-order valence-electron chi connectivity index (χ1n) is 7.50. The monoisotopic (exact) mass is 367 g/mol. The van der Waals surface area contributed by atoms with Gasteiger partial charge in [-0.3, -0.25) is 4.79 Å². The zero-order valence-electron chi connectivity index (χ0n) is 13.3. The van der Waals surface area contributed by atoms with Crippen LogP contribution in [0.25, 0.3) is 0 Å². The van der Waals surface area contributed by atoms with Gasteiger partial charge in [0.1, 0.15) is 0 Å². The number of amides is 1. The summed E-state index contributed by atoms with van der Waals surface area (Å²) in [6, 6.07) is 12.2. The first-order chi connectivity index (χ1) is 11.5. The van der Waals surface area contributed by atoms with Crippen molar-refractivity contribution in [3.05, 3.63) is 69.2 Å². The second kappa shape index (κ2) is 9.04. The zero-order chi connectivity index (χ0) is 17.5. The lowest BCUT2D eigenvalue weighted by molar-refractivity contribution is 0.0942. The number of aliphatic hydroxyl groups excluding tert-OH is 1. The van der Waals surface area contributed by atoms with Gasteiger partial charge < -0.3 is 15.2 Å². The van der Waals surface area contributed by atoms with Gasteiger partial charge in [0.15, 0.2) is 0 Å². The SMILES string of the molecule is COCc1ccc(C(=O)NCC[C@@H](O)c2ccc(Cl)c(Cl)c2)cc1. The first kappa shape index (κ1) is 18.7. The molecule has 0 radical (unpaired) electrons. The predicted octanol–water partition coefficient (Wildman–Crippen LogP) is 3.99. The van der Waals surface area contributed by atoms with Gasteiger partial charge in [-0.15, -0.1) is 0 Å². The number of aliphatic hydroxyl groups is 1. The Morgan fingerprint density at radius 2 is 1.88 bits per heavy atom. The van der Waals surface area contributed by atoms with Crippen LogP contribution >= 0.6 is 23.2 Å². The number of nitrogens with one attached hydrogen (secondary N) is 1. The van der Waals surface area contributed by atoms with Crippen LogP contribution in [0.1, 0.15) is 34.0 Å². The van der Waals surface area contributed by atoms with Gasteiger partial charge in [0.2, 0.25) is 0 Å². The molecule has 0 aliphatic rings. The molecule has 0 aliphatic carbocycles. The van der Waals surface area contributed by atoms with E-state index in [0.717, 1.165) is 5.56 Å². The van der Waals surface area contributed by atoms with Crippen LogP contribution in [-0.2, 0) is 11.3 Å². The summed E-state index contributed by atoms with van der Waals surface area (Å²) in [6.45, 7) is 0.859. The molecule has 24 heavy (non-hydrogen) atoms. The topological polar surface area (TPSA) is 58.6 Å². The van der Waals surface area contributed by atoms with Gasteiger partial charge in [0.25, 0.3) is 5.91 Å². The van der Waals surface area contributed by atoms with Crippen LogP contribution in [0.5, 0.6) is 0 Å². The summed E-state index contributed by atoms with van der Waals surface area (Å²) in [4.78, 5) is 12.1. The van der Waals surface area contributed by atoms with E-state index in [-0.39, 0.29) is 5.91 Å². The highest BCUT2D eigenvalue weighted by Crippen LogP contribution is 2.26. The molecular weight excluding hydrogens is 349 g/mol. The van der Waals surface area contributed by atoms with Crippen molar-refractivity contribution in [2.75, 3.05) is 13.7 Å². The van der Waals surface area contributed by atoms with E-state index < -0.39 is 6.10 Å². The molecule has 1 atom stereocenters. The maximum Gasteiger partial charge on any atom is 0.251 e. The number of benzene rings is 2. The maximum absolute atomic E-state index is 12.1. The third kappa shape index (κ3) is 5.21. The van der Waals surface area contributed by atoms with Crippen molar-refractivity contribution < 1.29 is 14.6 Å². The van der Waals surface area contributed by atoms with Crippen molar-refractivity contribution in [1.82, 2.24) is 5.32 Å². The Morgan fingerprint density at radius 3 is 2.50 bits per heavy atom. The Labute approximate surface area is 151 Å². The van der Waals surface area contributed by atoms with Crippen LogP contribution in [0.3, 0.4) is 0 Å². The largest absolute Gasteiger partial charge is 0.388 e. The minimum atomic E-state index is -0.718. The Balaban J connectivity index is 1.84. The molecule has 2 aromatic rings. The van der Waals surface area contributed by atoms with Gasteiger partial charge in [0, 0.05) is 19.2 Å². The highest BCUT2D eigenvalue weighted by molar-refractivity contribution is 6.42. The standard InChI is InChI=1S/C18H19Cl2NO3/c1-24-11-12-2-4-13(5-3-12)18(23)21-9-8-17(22)14-6-7-15(19)16(20)10-14/h2-7,10,17,22H,8-9,11H2,1H3,(H,21,23)/t17-/m1/s1. The lowest BCUT2D eigenvalue weighted by atomic mass is 10.1. The fourth-order valence-corrected chi connectivity index (χ4v) is 2.54. The lowest BCUT2D eigenvalue weighted by Crippen LogP contribution is -2.25. The molecule has 2 rings (SSSR count). The van der Waals surface area contributed by atoms with Crippen LogP contribution in [0.2, 0.25) is 10.0 Å². The summed E-state index contributed by atoms with van der Waals surface area (Å²) in [5.74, 6) is -0.180. The average Bonchev–Trinajstić information content (AvgIpc) is 2.58. The quantitative estimate of drug-likeness (QED) is 0.777. The summed E-state index contributed by atoms with van der Waals surface area (Å²) < 4.78 is 5.03. The average molecular weight is 368 g/mol. The van der Waals surface area contributed by atoms with Crippen molar-refractivity contribution in [2.45, 2.75) is 19.1 Å². The third-order valence-corrected chi connectivity index (χ3v) is 4.30. The smallest absolute Gasteiger partial charge is 0.251 e. The van der Waals surface area contributed by atoms with Crippen molar-refractivity contribution in [1.29, 1.82) is 0 Å². The van der Waals surface area contributed by atoms with Crippen molar-refractivity contribution in [3.63, 3.8) is 0 Å². The van der Waals surface area contributed by atoms with E-state index in [9.17, 15) is 9.90 Å². The van der Waals surface area contributed by atoms with Gasteiger partial charge in [-0.2, -0.15) is 0 Å². The number of hydrogen-bond acceptors (Lipinski definition) is 3. The molecule has 128 valence electrons. The van der Waals surface area contributed by atoms with Gasteiger partial charge in [-0.25, -0.2) is 0 Å². The predicted molar refractivity (Wildman–Crippen MR) is 95.5 cm³/mol. The number of rotatable bonds is 7. The normalized spacial score (nSPS) is 12.0. The maximum atomic E-state index is 12.1. The number of methoxy groups -OCH3 is 1. The van der Waals surface area contributed by atoms with Crippen LogP contribution < -0.4 is 5.32 Å². The first-order valence-corrected chi connectivity index (χ1v) is 8.26. The van der Waals surface area contributed by atoms with Crippen LogP contribution in [0.4, 0.5) is 0 Å². The third-order valence-electron chi connectivity index (χ3n) is 3.56. The van der Waals surface area contributed by atoms with E-state index in [1.165, 1.54) is 0 Å². The molecule has 0 fully saturated rings. The molecule has 6 heteroatoms. The summed E-state index contributed by atoms with van der Waals surface area (Å²) in [5, 5.41) is 13.8. The molecule has 1 amide bonds. The Morgan fingerprint density at radius 1 is 1.17 bits per heavy atom. The second-order valence-corrected chi connectivity index (χ2v) is 6.18. The van der Waals surface area contributed by atoms with E-state index in [1.54, 1.807) is 37.4 Å². The number of carbonyl (C=O) groups excluding carboxylic acids is 1. The number of carbonyl (C=O) groups is 1. The zero-order valence-corrected chi connectivity index (χ0v) is 14.8. The molecule has 4 nitrogen and oxygen atoms in total. The molecule has 2 N–H and O–H groups in total. The highest BCUT2D eigenvalue weighted by Gasteiger charge is 2.11. The van der Waals surface area contributed by atoms with E-state index >= 15 is 0 Å². The van der Waals surface area contributed by atoms with Crippen LogP contribution in [0, 0.1) is 0 Å². The molecule has 0 aliphatic heterocycles. The Kier molecular flexibility index (Phi) is 7.06. The highest BCUT2D eigenvalue weighted by atomic mass is 35.5.